The molecule has 0 saturated heterocycles. The Morgan fingerprint density at radius 3 is 1.80 bits per heavy atom. The predicted molar refractivity (Wildman–Crippen MR) is 21.5 cm³/mol. The van der Waals surface area contributed by atoms with E-state index in [1.165, 1.54) is 0 Å². The molecule has 0 aliphatic carbocycles. The Morgan fingerprint density at radius 2 is 1.80 bits per heavy atom. The molecule has 1 nitrogen and oxygen atoms in total. The van der Waals surface area contributed by atoms with E-state index < -0.39 is 17.4 Å². The van der Waals surface area contributed by atoms with Crippen LogP contribution in [0.2, 0.25) is 4.47 Å². The standard InChI is InChI=1S/C3H7.Ga.O/c1-3-2;;/h3H,1-2H3;;. The molecule has 0 bridgehead atoms. The Kier molecular flexibility index (Phi) is 2.89. The van der Waals surface area contributed by atoms with Crippen LogP contribution in [0.3, 0.4) is 0 Å². The summed E-state index contributed by atoms with van der Waals surface area (Å²) in [6, 6.07) is 0. The molecule has 0 aliphatic heterocycles. The molecule has 5 heavy (non-hydrogen) atoms. The first kappa shape index (κ1) is 5.44. The van der Waals surface area contributed by atoms with Crippen molar-refractivity contribution >= 4 is 17.4 Å². The first-order valence-electron chi connectivity index (χ1n) is 1.72. The van der Waals surface area contributed by atoms with Gasteiger partial charge >= 0.3 is 39.2 Å². The number of hydrogen-bond acceptors (Lipinski definition) is 1. The third-order valence-electron chi connectivity index (χ3n) is 0.272. The van der Waals surface area contributed by atoms with Gasteiger partial charge in [-0.05, 0) is 0 Å². The SMILES string of the molecule is C[CH](C)[Ga]=[O]. The van der Waals surface area contributed by atoms with E-state index in [1.54, 1.807) is 0 Å². The van der Waals surface area contributed by atoms with Gasteiger partial charge in [0, 0.05) is 0 Å². The van der Waals surface area contributed by atoms with Crippen LogP contribution in [0.1, 0.15) is 13.8 Å². The Balaban J connectivity index is 2.83. The zero-order valence-electron chi connectivity index (χ0n) is 3.56. The minimum atomic E-state index is -1.02. The Bertz CT molecular complexity index is 33.9. The molecular formula is C3H7GaO. The molecule has 28 valence electrons. The summed E-state index contributed by atoms with van der Waals surface area (Å²) in [4.78, 5) is 0. The molecule has 0 amide bonds. The van der Waals surface area contributed by atoms with Gasteiger partial charge in [0.25, 0.3) is 0 Å². The second kappa shape index (κ2) is 2.66. The van der Waals surface area contributed by atoms with Gasteiger partial charge in [0.1, 0.15) is 0 Å². The topological polar surface area (TPSA) is 17.1 Å². The summed E-state index contributed by atoms with van der Waals surface area (Å²) >= 11 is -1.02. The van der Waals surface area contributed by atoms with Crippen molar-refractivity contribution in [3.8, 4) is 0 Å². The normalized spacial score (nSPS) is 7.80. The molecule has 0 unspecified atom stereocenters. The van der Waals surface area contributed by atoms with Crippen molar-refractivity contribution in [3.05, 3.63) is 0 Å². The summed E-state index contributed by atoms with van der Waals surface area (Å²) in [7, 11) is 0. The van der Waals surface area contributed by atoms with E-state index in [0.717, 1.165) is 0 Å². The van der Waals surface area contributed by atoms with E-state index in [-0.39, 0.29) is 0 Å². The van der Waals surface area contributed by atoms with Crippen molar-refractivity contribution in [2.24, 2.45) is 0 Å². The molecule has 0 aromatic heterocycles. The fraction of sp³-hybridized carbons (Fsp3) is 1.00. The summed E-state index contributed by atoms with van der Waals surface area (Å²) in [5, 5.41) is 0. The van der Waals surface area contributed by atoms with Crippen LogP contribution in [0.15, 0.2) is 0 Å². The van der Waals surface area contributed by atoms with Crippen LogP contribution in [-0.2, 0) is 3.54 Å². The number of hydrogen-bond donors (Lipinski definition) is 0. The first-order chi connectivity index (χ1) is 2.27. The van der Waals surface area contributed by atoms with Gasteiger partial charge in [-0.25, -0.2) is 0 Å². The second-order valence-corrected chi connectivity index (χ2v) is 4.75. The van der Waals surface area contributed by atoms with Crippen LogP contribution < -0.4 is 0 Å². The van der Waals surface area contributed by atoms with Crippen molar-refractivity contribution < 1.29 is 3.54 Å². The van der Waals surface area contributed by atoms with E-state index in [1.807, 2.05) is 13.8 Å². The zero-order chi connectivity index (χ0) is 4.28. The molecule has 0 aromatic carbocycles. The zero-order valence-corrected chi connectivity index (χ0v) is 5.99. The van der Waals surface area contributed by atoms with Gasteiger partial charge < -0.3 is 0 Å². The average molecular weight is 129 g/mol. The first-order valence-corrected chi connectivity index (χ1v) is 4.11. The molecule has 0 radical (unpaired) electrons. The van der Waals surface area contributed by atoms with Crippen molar-refractivity contribution in [1.29, 1.82) is 0 Å². The van der Waals surface area contributed by atoms with E-state index in [9.17, 15) is 3.54 Å². The van der Waals surface area contributed by atoms with Crippen LogP contribution in [-0.4, -0.2) is 17.4 Å². The summed E-state index contributed by atoms with van der Waals surface area (Å²) in [6.45, 7) is 3.96. The van der Waals surface area contributed by atoms with Crippen LogP contribution in [0.4, 0.5) is 0 Å². The van der Waals surface area contributed by atoms with E-state index in [4.69, 9.17) is 0 Å². The molecule has 0 aromatic rings. The van der Waals surface area contributed by atoms with Crippen molar-refractivity contribution in [3.63, 3.8) is 0 Å². The van der Waals surface area contributed by atoms with Gasteiger partial charge in [0.05, 0.1) is 0 Å². The summed E-state index contributed by atoms with van der Waals surface area (Å²) < 4.78 is 10.3. The van der Waals surface area contributed by atoms with Gasteiger partial charge in [-0.3, -0.25) is 0 Å². The third kappa shape index (κ3) is 4.44. The molecule has 0 aliphatic rings. The van der Waals surface area contributed by atoms with Crippen molar-refractivity contribution in [2.75, 3.05) is 0 Å². The van der Waals surface area contributed by atoms with Gasteiger partial charge in [-0.1, -0.05) is 0 Å². The second-order valence-electron chi connectivity index (χ2n) is 1.38. The van der Waals surface area contributed by atoms with Gasteiger partial charge in [0.2, 0.25) is 0 Å². The van der Waals surface area contributed by atoms with Crippen LogP contribution in [0.5, 0.6) is 0 Å². The van der Waals surface area contributed by atoms with E-state index in [0.29, 0.717) is 4.47 Å². The van der Waals surface area contributed by atoms with Crippen molar-refractivity contribution in [1.82, 2.24) is 0 Å². The van der Waals surface area contributed by atoms with E-state index >= 15 is 0 Å². The average Bonchev–Trinajstić information content (AvgIpc) is 1.38. The Labute approximate surface area is 39.8 Å². The van der Waals surface area contributed by atoms with Crippen LogP contribution in [0.25, 0.3) is 0 Å². The van der Waals surface area contributed by atoms with Crippen molar-refractivity contribution in [2.45, 2.75) is 18.3 Å². The molecule has 0 rings (SSSR count). The molecule has 0 heterocycles. The third-order valence-corrected chi connectivity index (χ3v) is 1.41. The predicted octanol–water partition coefficient (Wildman–Crippen LogP) is 0.864. The molecule has 0 saturated carbocycles. The Hall–Kier alpha value is 0.436. The van der Waals surface area contributed by atoms with Gasteiger partial charge in [-0.2, -0.15) is 0 Å². The maximum absolute atomic E-state index is 9.79. The minimum absolute atomic E-state index is 0.485. The summed E-state index contributed by atoms with van der Waals surface area (Å²) in [5.41, 5.74) is 0. The quantitative estimate of drug-likeness (QED) is 0.479. The summed E-state index contributed by atoms with van der Waals surface area (Å²) in [6.07, 6.45) is 0. The maximum atomic E-state index is 9.79. The number of rotatable bonds is 1. The van der Waals surface area contributed by atoms with Crippen LogP contribution >= 0.6 is 0 Å². The fourth-order valence-electron chi connectivity index (χ4n) is 0. The molecule has 0 spiro atoms. The molecule has 2 heteroatoms. The molecular weight excluding hydrogens is 122 g/mol. The summed E-state index contributed by atoms with van der Waals surface area (Å²) in [5.74, 6) is 0. The molecule has 0 fully saturated rings. The molecule has 0 N–H and O–H groups in total. The fourth-order valence-corrected chi connectivity index (χ4v) is 0. The van der Waals surface area contributed by atoms with E-state index in [2.05, 4.69) is 0 Å². The van der Waals surface area contributed by atoms with Gasteiger partial charge in [-0.15, -0.1) is 0 Å². The van der Waals surface area contributed by atoms with Crippen LogP contribution in [0, 0.1) is 0 Å². The van der Waals surface area contributed by atoms with Gasteiger partial charge in [0.15, 0.2) is 0 Å². The molecule has 0 atom stereocenters. The monoisotopic (exact) mass is 128 g/mol. The Morgan fingerprint density at radius 1 is 1.60 bits per heavy atom.